The SMILES string of the molecule is CC(C)(C)CC(O)CNC1CC2CCC1(C)C2(C)C. The Morgan fingerprint density at radius 2 is 1.89 bits per heavy atom. The maximum Gasteiger partial charge on any atom is 0.0669 e. The van der Waals surface area contributed by atoms with E-state index in [1.807, 2.05) is 0 Å². The van der Waals surface area contributed by atoms with E-state index < -0.39 is 0 Å². The van der Waals surface area contributed by atoms with Gasteiger partial charge in [-0.1, -0.05) is 41.5 Å². The van der Waals surface area contributed by atoms with Gasteiger partial charge >= 0.3 is 0 Å². The standard InChI is InChI=1S/C17H33NO/c1-15(2,3)10-13(19)11-18-14-9-12-7-8-17(14,6)16(12,4)5/h12-14,18-19H,7-11H2,1-6H3. The minimum atomic E-state index is -0.217. The van der Waals surface area contributed by atoms with Gasteiger partial charge in [0.05, 0.1) is 6.10 Å². The normalized spacial score (nSPS) is 38.7. The Kier molecular flexibility index (Phi) is 3.81. The second-order valence-electron chi connectivity index (χ2n) is 8.99. The van der Waals surface area contributed by atoms with E-state index in [4.69, 9.17) is 0 Å². The van der Waals surface area contributed by atoms with Gasteiger partial charge in [0.2, 0.25) is 0 Å². The van der Waals surface area contributed by atoms with Crippen LogP contribution < -0.4 is 5.32 Å². The first-order chi connectivity index (χ1) is 8.56. The third-order valence-electron chi connectivity index (χ3n) is 6.24. The molecule has 4 unspecified atom stereocenters. The first-order valence-corrected chi connectivity index (χ1v) is 7.98. The minimum Gasteiger partial charge on any atom is -0.392 e. The lowest BCUT2D eigenvalue weighted by molar-refractivity contribution is 0.0889. The highest BCUT2D eigenvalue weighted by molar-refractivity contribution is 5.13. The van der Waals surface area contributed by atoms with Crippen LogP contribution in [0.5, 0.6) is 0 Å². The first kappa shape index (κ1) is 15.3. The van der Waals surface area contributed by atoms with E-state index in [9.17, 15) is 5.11 Å². The second-order valence-corrected chi connectivity index (χ2v) is 8.99. The van der Waals surface area contributed by atoms with E-state index >= 15 is 0 Å². The summed E-state index contributed by atoms with van der Waals surface area (Å²) in [4.78, 5) is 0. The van der Waals surface area contributed by atoms with Crippen LogP contribution in [0.2, 0.25) is 0 Å². The molecule has 0 aromatic heterocycles. The van der Waals surface area contributed by atoms with Crippen LogP contribution in [0.1, 0.15) is 67.2 Å². The average Bonchev–Trinajstić information content (AvgIpc) is 2.56. The number of aliphatic hydroxyl groups excluding tert-OH is 1. The summed E-state index contributed by atoms with van der Waals surface area (Å²) in [6.45, 7) is 14.7. The number of fused-ring (bicyclic) bond motifs is 2. The monoisotopic (exact) mass is 267 g/mol. The van der Waals surface area contributed by atoms with Gasteiger partial charge in [-0.2, -0.15) is 0 Å². The molecule has 2 saturated carbocycles. The number of aliphatic hydroxyl groups is 1. The molecular formula is C17H33NO. The summed E-state index contributed by atoms with van der Waals surface area (Å²) < 4.78 is 0. The van der Waals surface area contributed by atoms with Crippen LogP contribution in [0.3, 0.4) is 0 Å². The molecular weight excluding hydrogens is 234 g/mol. The van der Waals surface area contributed by atoms with Crippen molar-refractivity contribution in [3.8, 4) is 0 Å². The molecule has 2 N–H and O–H groups in total. The van der Waals surface area contributed by atoms with Gasteiger partial charge in [-0.3, -0.25) is 0 Å². The molecule has 4 atom stereocenters. The Hall–Kier alpha value is -0.0800. The zero-order chi connectivity index (χ0) is 14.5. The van der Waals surface area contributed by atoms with Gasteiger partial charge in [0.15, 0.2) is 0 Å². The third-order valence-corrected chi connectivity index (χ3v) is 6.24. The summed E-state index contributed by atoms with van der Waals surface area (Å²) in [5.41, 5.74) is 1.08. The van der Waals surface area contributed by atoms with Crippen LogP contribution in [0.4, 0.5) is 0 Å². The van der Waals surface area contributed by atoms with Crippen molar-refractivity contribution in [2.45, 2.75) is 79.4 Å². The smallest absolute Gasteiger partial charge is 0.0669 e. The molecule has 0 aromatic rings. The zero-order valence-electron chi connectivity index (χ0n) is 13.7. The lowest BCUT2D eigenvalue weighted by Crippen LogP contribution is -2.47. The number of hydrogen-bond acceptors (Lipinski definition) is 2. The number of hydrogen-bond donors (Lipinski definition) is 2. The van der Waals surface area contributed by atoms with E-state index in [2.05, 4.69) is 46.9 Å². The van der Waals surface area contributed by atoms with Crippen molar-refractivity contribution in [1.82, 2.24) is 5.32 Å². The van der Waals surface area contributed by atoms with E-state index in [-0.39, 0.29) is 11.5 Å². The molecule has 0 aliphatic heterocycles. The molecule has 0 spiro atoms. The summed E-state index contributed by atoms with van der Waals surface area (Å²) in [6, 6.07) is 0.593. The predicted octanol–water partition coefficient (Wildman–Crippen LogP) is 3.59. The highest BCUT2D eigenvalue weighted by Gasteiger charge is 2.60. The van der Waals surface area contributed by atoms with Crippen LogP contribution in [0, 0.1) is 22.2 Å². The lowest BCUT2D eigenvalue weighted by atomic mass is 9.69. The van der Waals surface area contributed by atoms with Gasteiger partial charge in [-0.05, 0) is 47.8 Å². The number of rotatable bonds is 4. The van der Waals surface area contributed by atoms with Crippen molar-refractivity contribution >= 4 is 0 Å². The fourth-order valence-corrected chi connectivity index (χ4v) is 4.57. The second kappa shape index (κ2) is 4.73. The van der Waals surface area contributed by atoms with Crippen molar-refractivity contribution in [2.24, 2.45) is 22.2 Å². The summed E-state index contributed by atoms with van der Waals surface area (Å²) in [5, 5.41) is 13.8. The number of nitrogens with one attached hydrogen (secondary N) is 1. The maximum absolute atomic E-state index is 10.2. The average molecular weight is 267 g/mol. The fraction of sp³-hybridized carbons (Fsp3) is 1.00. The Morgan fingerprint density at radius 1 is 1.26 bits per heavy atom. The molecule has 112 valence electrons. The Balaban J connectivity index is 1.89. The molecule has 19 heavy (non-hydrogen) atoms. The molecule has 2 nitrogen and oxygen atoms in total. The van der Waals surface area contributed by atoms with Crippen LogP contribution in [-0.4, -0.2) is 23.8 Å². The molecule has 2 aliphatic rings. The summed E-state index contributed by atoms with van der Waals surface area (Å²) in [5.74, 6) is 0.870. The van der Waals surface area contributed by atoms with Crippen LogP contribution >= 0.6 is 0 Å². The van der Waals surface area contributed by atoms with Crippen molar-refractivity contribution < 1.29 is 5.11 Å². The molecule has 0 saturated heterocycles. The Labute approximate surface area is 119 Å². The third kappa shape index (κ3) is 2.71. The van der Waals surface area contributed by atoms with E-state index in [0.29, 0.717) is 16.9 Å². The summed E-state index contributed by atoms with van der Waals surface area (Å²) in [6.07, 6.45) is 4.69. The first-order valence-electron chi connectivity index (χ1n) is 7.98. The van der Waals surface area contributed by atoms with E-state index in [1.54, 1.807) is 0 Å². The molecule has 2 rings (SSSR count). The van der Waals surface area contributed by atoms with Crippen molar-refractivity contribution in [3.63, 3.8) is 0 Å². The predicted molar refractivity (Wildman–Crippen MR) is 81.1 cm³/mol. The van der Waals surface area contributed by atoms with Gasteiger partial charge < -0.3 is 10.4 Å². The van der Waals surface area contributed by atoms with Gasteiger partial charge in [0, 0.05) is 12.6 Å². The van der Waals surface area contributed by atoms with Crippen LogP contribution in [0.25, 0.3) is 0 Å². The maximum atomic E-state index is 10.2. The topological polar surface area (TPSA) is 32.3 Å². The van der Waals surface area contributed by atoms with Gasteiger partial charge in [-0.25, -0.2) is 0 Å². The van der Waals surface area contributed by atoms with Gasteiger partial charge in [0.25, 0.3) is 0 Å². The van der Waals surface area contributed by atoms with E-state index in [1.165, 1.54) is 19.3 Å². The molecule has 2 fully saturated rings. The van der Waals surface area contributed by atoms with Gasteiger partial charge in [0.1, 0.15) is 0 Å². The summed E-state index contributed by atoms with van der Waals surface area (Å²) in [7, 11) is 0. The molecule has 0 radical (unpaired) electrons. The highest BCUT2D eigenvalue weighted by Crippen LogP contribution is 2.65. The fourth-order valence-electron chi connectivity index (χ4n) is 4.57. The van der Waals surface area contributed by atoms with Gasteiger partial charge in [-0.15, -0.1) is 0 Å². The molecule has 0 heterocycles. The molecule has 2 heteroatoms. The van der Waals surface area contributed by atoms with Crippen molar-refractivity contribution in [3.05, 3.63) is 0 Å². The summed E-state index contributed by atoms with van der Waals surface area (Å²) >= 11 is 0. The highest BCUT2D eigenvalue weighted by atomic mass is 16.3. The molecule has 2 aliphatic carbocycles. The van der Waals surface area contributed by atoms with Crippen LogP contribution in [0.15, 0.2) is 0 Å². The zero-order valence-corrected chi connectivity index (χ0v) is 13.7. The van der Waals surface area contributed by atoms with Crippen molar-refractivity contribution in [2.75, 3.05) is 6.54 Å². The quantitative estimate of drug-likeness (QED) is 0.816. The Morgan fingerprint density at radius 3 is 2.32 bits per heavy atom. The molecule has 0 aromatic carbocycles. The Bertz CT molecular complexity index is 331. The largest absolute Gasteiger partial charge is 0.392 e. The lowest BCUT2D eigenvalue weighted by Gasteiger charge is -2.40. The minimum absolute atomic E-state index is 0.207. The van der Waals surface area contributed by atoms with Crippen LogP contribution in [-0.2, 0) is 0 Å². The molecule has 2 bridgehead atoms. The van der Waals surface area contributed by atoms with Crippen molar-refractivity contribution in [1.29, 1.82) is 0 Å². The molecule has 0 amide bonds. The van der Waals surface area contributed by atoms with E-state index in [0.717, 1.165) is 18.9 Å².